The van der Waals surface area contributed by atoms with Crippen molar-refractivity contribution in [3.05, 3.63) is 41.7 Å². The molecular weight excluding hydrogens is 249 g/mol. The highest BCUT2D eigenvalue weighted by Crippen LogP contribution is 2.05. The number of halogens is 1. The van der Waals surface area contributed by atoms with Gasteiger partial charge in [0.05, 0.1) is 0 Å². The molecule has 0 aromatic heterocycles. The molecule has 0 heterocycles. The summed E-state index contributed by atoms with van der Waals surface area (Å²) in [7, 11) is 0. The van der Waals surface area contributed by atoms with Crippen molar-refractivity contribution in [1.29, 1.82) is 0 Å². The Labute approximate surface area is 110 Å². The smallest absolute Gasteiger partial charge is 0.326 e. The van der Waals surface area contributed by atoms with Crippen LogP contribution in [0.1, 0.15) is 19.4 Å². The summed E-state index contributed by atoms with van der Waals surface area (Å²) in [4.78, 5) is 22.5. The van der Waals surface area contributed by atoms with Gasteiger partial charge in [-0.25, -0.2) is 9.18 Å². The van der Waals surface area contributed by atoms with Crippen molar-refractivity contribution >= 4 is 18.0 Å². The Morgan fingerprint density at radius 2 is 1.84 bits per heavy atom. The maximum absolute atomic E-state index is 12.7. The number of nitrogens with one attached hydrogen (secondary N) is 1. The normalized spacial score (nSPS) is 12.6. The van der Waals surface area contributed by atoms with E-state index in [2.05, 4.69) is 5.32 Å². The minimum absolute atomic E-state index is 0.208. The Hall–Kier alpha value is -2.17. The summed E-state index contributed by atoms with van der Waals surface area (Å²) in [6.07, 6.45) is 2.72. The number of benzene rings is 1. The van der Waals surface area contributed by atoms with Crippen molar-refractivity contribution in [2.45, 2.75) is 19.9 Å². The number of carboxylic acids is 1. The summed E-state index contributed by atoms with van der Waals surface area (Å²) in [6, 6.07) is 4.69. The molecule has 5 heteroatoms. The molecule has 0 aliphatic rings. The van der Waals surface area contributed by atoms with Crippen molar-refractivity contribution in [3.8, 4) is 0 Å². The lowest BCUT2D eigenvalue weighted by Crippen LogP contribution is -2.43. The zero-order valence-corrected chi connectivity index (χ0v) is 10.8. The van der Waals surface area contributed by atoms with E-state index in [1.165, 1.54) is 36.4 Å². The van der Waals surface area contributed by atoms with Crippen molar-refractivity contribution in [3.63, 3.8) is 0 Å². The van der Waals surface area contributed by atoms with Gasteiger partial charge in [0, 0.05) is 6.08 Å². The Kier molecular flexibility index (Phi) is 5.23. The van der Waals surface area contributed by atoms with Gasteiger partial charge in [0.1, 0.15) is 11.9 Å². The summed E-state index contributed by atoms with van der Waals surface area (Å²) in [5.41, 5.74) is 0.660. The molecule has 4 nitrogen and oxygen atoms in total. The average Bonchev–Trinajstić information content (AvgIpc) is 2.34. The van der Waals surface area contributed by atoms with E-state index in [1.54, 1.807) is 13.8 Å². The van der Waals surface area contributed by atoms with Crippen LogP contribution in [0.15, 0.2) is 30.3 Å². The minimum Gasteiger partial charge on any atom is -0.480 e. The van der Waals surface area contributed by atoms with Crippen LogP contribution in [0.3, 0.4) is 0 Å². The lowest BCUT2D eigenvalue weighted by molar-refractivity contribution is -0.142. The minimum atomic E-state index is -1.07. The zero-order valence-electron chi connectivity index (χ0n) is 10.8. The van der Waals surface area contributed by atoms with Crippen LogP contribution in [0.25, 0.3) is 6.08 Å². The summed E-state index contributed by atoms with van der Waals surface area (Å²) in [5.74, 6) is -2.13. The SMILES string of the molecule is CC(C)[C@H](NC(=O)/C=C/c1ccc(F)cc1)C(=O)O. The molecule has 0 radical (unpaired) electrons. The third-order valence-corrected chi connectivity index (χ3v) is 2.53. The second-order valence-electron chi connectivity index (χ2n) is 4.45. The fourth-order valence-electron chi connectivity index (χ4n) is 1.46. The van der Waals surface area contributed by atoms with Crippen molar-refractivity contribution in [2.75, 3.05) is 0 Å². The highest BCUT2D eigenvalue weighted by Gasteiger charge is 2.22. The molecule has 102 valence electrons. The van der Waals surface area contributed by atoms with Crippen LogP contribution in [-0.4, -0.2) is 23.0 Å². The van der Waals surface area contributed by atoms with Gasteiger partial charge in [-0.15, -0.1) is 0 Å². The standard InChI is InChI=1S/C14H16FNO3/c1-9(2)13(14(18)19)16-12(17)8-5-10-3-6-11(15)7-4-10/h3-9,13H,1-2H3,(H,16,17)(H,18,19)/b8-5+/t13-/m0/s1. The second-order valence-corrected chi connectivity index (χ2v) is 4.45. The predicted molar refractivity (Wildman–Crippen MR) is 69.8 cm³/mol. The van der Waals surface area contributed by atoms with Gasteiger partial charge in [0.15, 0.2) is 0 Å². The molecule has 0 unspecified atom stereocenters. The van der Waals surface area contributed by atoms with E-state index in [4.69, 9.17) is 5.11 Å². The van der Waals surface area contributed by atoms with E-state index in [9.17, 15) is 14.0 Å². The van der Waals surface area contributed by atoms with E-state index in [0.29, 0.717) is 5.56 Å². The number of carbonyl (C=O) groups excluding carboxylic acids is 1. The first-order valence-electron chi connectivity index (χ1n) is 5.87. The molecule has 0 fully saturated rings. The molecule has 2 N–H and O–H groups in total. The number of amides is 1. The van der Waals surface area contributed by atoms with Gasteiger partial charge in [-0.2, -0.15) is 0 Å². The van der Waals surface area contributed by atoms with Gasteiger partial charge in [0.25, 0.3) is 0 Å². The molecule has 0 spiro atoms. The van der Waals surface area contributed by atoms with E-state index in [0.717, 1.165) is 0 Å². The van der Waals surface area contributed by atoms with Crippen LogP contribution in [0.4, 0.5) is 4.39 Å². The first-order valence-corrected chi connectivity index (χ1v) is 5.87. The van der Waals surface area contributed by atoms with Crippen LogP contribution in [0.2, 0.25) is 0 Å². The van der Waals surface area contributed by atoms with E-state index < -0.39 is 17.9 Å². The van der Waals surface area contributed by atoms with Gasteiger partial charge in [-0.3, -0.25) is 4.79 Å². The predicted octanol–water partition coefficient (Wildman–Crippen LogP) is 2.06. The van der Waals surface area contributed by atoms with Gasteiger partial charge in [0.2, 0.25) is 5.91 Å². The van der Waals surface area contributed by atoms with Crippen LogP contribution in [0.5, 0.6) is 0 Å². The van der Waals surface area contributed by atoms with Crippen LogP contribution >= 0.6 is 0 Å². The summed E-state index contributed by atoms with van der Waals surface area (Å²) in [6.45, 7) is 3.42. The first-order chi connectivity index (χ1) is 8.90. The molecule has 0 bridgehead atoms. The quantitative estimate of drug-likeness (QED) is 0.801. The van der Waals surface area contributed by atoms with Crippen LogP contribution in [-0.2, 0) is 9.59 Å². The lowest BCUT2D eigenvalue weighted by atomic mass is 10.0. The number of hydrogen-bond acceptors (Lipinski definition) is 2. The monoisotopic (exact) mass is 265 g/mol. The topological polar surface area (TPSA) is 66.4 Å². The van der Waals surface area contributed by atoms with Crippen LogP contribution < -0.4 is 5.32 Å². The number of aliphatic carboxylic acids is 1. The largest absolute Gasteiger partial charge is 0.480 e. The molecular formula is C14H16FNO3. The Morgan fingerprint density at radius 1 is 1.26 bits per heavy atom. The fraction of sp³-hybridized carbons (Fsp3) is 0.286. The highest BCUT2D eigenvalue weighted by molar-refractivity contribution is 5.94. The Morgan fingerprint density at radius 3 is 2.32 bits per heavy atom. The molecule has 0 aliphatic heterocycles. The molecule has 0 saturated heterocycles. The summed E-state index contributed by atoms with van der Waals surface area (Å²) in [5, 5.41) is 11.3. The second kappa shape index (κ2) is 6.68. The maximum Gasteiger partial charge on any atom is 0.326 e. The van der Waals surface area contributed by atoms with Crippen molar-refractivity contribution < 1.29 is 19.1 Å². The van der Waals surface area contributed by atoms with E-state index in [-0.39, 0.29) is 11.7 Å². The number of hydrogen-bond donors (Lipinski definition) is 2. The van der Waals surface area contributed by atoms with E-state index in [1.807, 2.05) is 0 Å². The number of rotatable bonds is 5. The number of carboxylic acid groups (broad SMARTS) is 1. The Balaban J connectivity index is 2.64. The molecule has 0 saturated carbocycles. The van der Waals surface area contributed by atoms with Gasteiger partial charge in [-0.05, 0) is 29.7 Å². The van der Waals surface area contributed by atoms with Gasteiger partial charge >= 0.3 is 5.97 Å². The van der Waals surface area contributed by atoms with Crippen molar-refractivity contribution in [1.82, 2.24) is 5.32 Å². The number of carbonyl (C=O) groups is 2. The third kappa shape index (κ3) is 4.91. The van der Waals surface area contributed by atoms with E-state index >= 15 is 0 Å². The molecule has 1 atom stereocenters. The Bertz CT molecular complexity index is 480. The average molecular weight is 265 g/mol. The molecule has 1 rings (SSSR count). The molecule has 1 aromatic carbocycles. The lowest BCUT2D eigenvalue weighted by Gasteiger charge is -2.16. The summed E-state index contributed by atoms with van der Waals surface area (Å²) >= 11 is 0. The fourth-order valence-corrected chi connectivity index (χ4v) is 1.46. The van der Waals surface area contributed by atoms with Crippen molar-refractivity contribution in [2.24, 2.45) is 5.92 Å². The molecule has 0 aliphatic carbocycles. The van der Waals surface area contributed by atoms with Gasteiger partial charge < -0.3 is 10.4 Å². The highest BCUT2D eigenvalue weighted by atomic mass is 19.1. The molecule has 1 aromatic rings. The molecule has 19 heavy (non-hydrogen) atoms. The first kappa shape index (κ1) is 14.9. The summed E-state index contributed by atoms with van der Waals surface area (Å²) < 4.78 is 12.7. The third-order valence-electron chi connectivity index (χ3n) is 2.53. The molecule has 1 amide bonds. The van der Waals surface area contributed by atoms with Crippen LogP contribution in [0, 0.1) is 11.7 Å². The van der Waals surface area contributed by atoms with Gasteiger partial charge in [-0.1, -0.05) is 26.0 Å². The maximum atomic E-state index is 12.7. The zero-order chi connectivity index (χ0) is 14.4.